The van der Waals surface area contributed by atoms with Crippen LogP contribution in [0.3, 0.4) is 0 Å². The zero-order chi connectivity index (χ0) is 38.8. The fourth-order valence-electron chi connectivity index (χ4n) is 12.1. The van der Waals surface area contributed by atoms with E-state index >= 15 is 0 Å². The van der Waals surface area contributed by atoms with Crippen molar-refractivity contribution in [2.24, 2.45) is 50.2 Å². The number of carbonyl (C=O) groups excluding carboxylic acids is 3. The number of esters is 1. The zero-order valence-electron chi connectivity index (χ0n) is 31.9. The molecule has 0 aliphatic heterocycles. The van der Waals surface area contributed by atoms with Crippen molar-refractivity contribution < 1.29 is 44.0 Å². The van der Waals surface area contributed by atoms with Gasteiger partial charge in [-0.1, -0.05) is 53.2 Å². The molecular weight excluding hydrogens is 674 g/mol. The van der Waals surface area contributed by atoms with E-state index in [-0.39, 0.29) is 52.0 Å². The predicted octanol–water partition coefficient (Wildman–Crippen LogP) is 7.96. The van der Waals surface area contributed by atoms with E-state index in [1.54, 1.807) is 0 Å². The summed E-state index contributed by atoms with van der Waals surface area (Å²) in [6.07, 6.45) is 13.8. The number of hydrogen-bond donors (Lipinski definition) is 4. The molecule has 5 aliphatic rings. The molecule has 5 aliphatic carbocycles. The van der Waals surface area contributed by atoms with E-state index in [2.05, 4.69) is 52.9 Å². The zero-order valence-corrected chi connectivity index (χ0v) is 31.9. The number of carboxylic acids is 2. The Morgan fingerprint density at radius 1 is 0.906 bits per heavy atom. The van der Waals surface area contributed by atoms with Crippen molar-refractivity contribution in [1.82, 2.24) is 0 Å². The number of fused-ring (bicyclic) bond motifs is 7. The van der Waals surface area contributed by atoms with Crippen LogP contribution in [0, 0.1) is 50.2 Å². The van der Waals surface area contributed by atoms with Crippen LogP contribution < -0.4 is 5.32 Å². The average Bonchev–Trinajstić information content (AvgIpc) is 3.08. The standard InChI is InChI=1S/C43H55NO9/c1-38(2)19-20-42(37(51)52)21-22-43(25-53-36(50)14-7-26-23-27(45)8-10-30(26)44-34(47)12-13-35(48)49)28(29(42)24-38)9-11-32-40(5)17-16-33(46)39(3,4)31(40)15-18-41(32,43)6/h7-10,12-14,23,29,31-32,45H,11,15-22,24-25H2,1-6H3,(H,44,47)(H,48,49)(H,51,52)/t29-,31?,32?,40-,41+,42-,43-/m0/s1. The van der Waals surface area contributed by atoms with Crippen molar-refractivity contribution in [2.75, 3.05) is 11.9 Å². The minimum atomic E-state index is -1.28. The summed E-state index contributed by atoms with van der Waals surface area (Å²) in [4.78, 5) is 63.4. The molecule has 1 aromatic carbocycles. The summed E-state index contributed by atoms with van der Waals surface area (Å²) in [5, 5.41) is 32.5. The van der Waals surface area contributed by atoms with Gasteiger partial charge < -0.3 is 25.4 Å². The van der Waals surface area contributed by atoms with Crippen LogP contribution in [0.25, 0.3) is 6.08 Å². The topological polar surface area (TPSA) is 167 Å². The third kappa shape index (κ3) is 6.33. The van der Waals surface area contributed by atoms with Crippen LogP contribution in [0.5, 0.6) is 5.75 Å². The van der Waals surface area contributed by atoms with Crippen LogP contribution in [0.1, 0.15) is 111 Å². The highest BCUT2D eigenvalue weighted by Gasteiger charge is 2.71. The first kappa shape index (κ1) is 38.5. The summed E-state index contributed by atoms with van der Waals surface area (Å²) in [5.41, 5.74) is -0.670. The SMILES string of the molecule is CC1(C)CC[C@]2(C(=O)O)CC[C@]3(COC(=O)C=Cc4cc(O)ccc4NC(=O)C=CC(=O)O)C(=CCC4[C@@]5(C)CCC(=O)C(C)(C)C5CC[C@]43C)[C@@H]2C1. The summed E-state index contributed by atoms with van der Waals surface area (Å²) < 4.78 is 6.25. The van der Waals surface area contributed by atoms with Crippen molar-refractivity contribution in [1.29, 1.82) is 0 Å². The molecule has 7 atom stereocenters. The van der Waals surface area contributed by atoms with E-state index in [1.807, 2.05) is 0 Å². The van der Waals surface area contributed by atoms with Gasteiger partial charge in [0.1, 0.15) is 18.1 Å². The van der Waals surface area contributed by atoms with E-state index in [4.69, 9.17) is 9.84 Å². The van der Waals surface area contributed by atoms with Crippen molar-refractivity contribution in [3.63, 3.8) is 0 Å². The summed E-state index contributed by atoms with van der Waals surface area (Å²) in [6.45, 7) is 13.5. The van der Waals surface area contributed by atoms with Crippen molar-refractivity contribution in [3.8, 4) is 5.75 Å². The highest BCUT2D eigenvalue weighted by Crippen LogP contribution is 2.75. The van der Waals surface area contributed by atoms with Gasteiger partial charge in [-0.3, -0.25) is 14.4 Å². The maximum Gasteiger partial charge on any atom is 0.330 e. The largest absolute Gasteiger partial charge is 0.508 e. The maximum absolute atomic E-state index is 13.7. The van der Waals surface area contributed by atoms with Crippen LogP contribution in [0.4, 0.5) is 5.69 Å². The molecular formula is C43H55NO9. The van der Waals surface area contributed by atoms with E-state index in [1.165, 1.54) is 30.4 Å². The lowest BCUT2D eigenvalue weighted by Gasteiger charge is -2.70. The number of nitrogens with one attached hydrogen (secondary N) is 1. The Kier molecular flexibility index (Phi) is 9.64. The molecule has 4 saturated carbocycles. The predicted molar refractivity (Wildman–Crippen MR) is 200 cm³/mol. The maximum atomic E-state index is 13.7. The van der Waals surface area contributed by atoms with Gasteiger partial charge in [-0.2, -0.15) is 0 Å². The molecule has 10 heteroatoms. The third-order valence-electron chi connectivity index (χ3n) is 15.0. The number of allylic oxidation sites excluding steroid dienone is 1. The third-order valence-corrected chi connectivity index (χ3v) is 15.0. The summed E-state index contributed by atoms with van der Waals surface area (Å²) >= 11 is 0. The molecule has 1 aromatic rings. The number of anilines is 1. The minimum Gasteiger partial charge on any atom is -0.508 e. The normalized spacial score (nSPS) is 35.6. The monoisotopic (exact) mass is 729 g/mol. The van der Waals surface area contributed by atoms with E-state index < -0.39 is 40.1 Å². The number of rotatable bonds is 8. The molecule has 0 aromatic heterocycles. The van der Waals surface area contributed by atoms with E-state index in [0.717, 1.165) is 50.2 Å². The number of ether oxygens (including phenoxy) is 1. The molecule has 0 saturated heterocycles. The molecule has 0 bridgehead atoms. The molecule has 4 fully saturated rings. The van der Waals surface area contributed by atoms with E-state index in [9.17, 15) is 34.2 Å². The number of aliphatic carboxylic acids is 2. The summed E-state index contributed by atoms with van der Waals surface area (Å²) in [5.74, 6) is -2.84. The first-order chi connectivity index (χ1) is 24.7. The highest BCUT2D eigenvalue weighted by molar-refractivity contribution is 6.03. The molecule has 6 rings (SSSR count). The lowest BCUT2D eigenvalue weighted by Crippen LogP contribution is -2.66. The van der Waals surface area contributed by atoms with Gasteiger partial charge in [0.15, 0.2) is 0 Å². The van der Waals surface area contributed by atoms with E-state index in [0.29, 0.717) is 43.1 Å². The average molecular weight is 730 g/mol. The number of carboxylic acid groups (broad SMARTS) is 2. The van der Waals surface area contributed by atoms with Gasteiger partial charge in [-0.25, -0.2) is 9.59 Å². The number of hydrogen-bond acceptors (Lipinski definition) is 7. The molecule has 2 unspecified atom stereocenters. The number of phenolic OH excluding ortho intramolecular Hbond substituents is 1. The Morgan fingerprint density at radius 2 is 1.62 bits per heavy atom. The van der Waals surface area contributed by atoms with Crippen LogP contribution in [0.2, 0.25) is 0 Å². The van der Waals surface area contributed by atoms with Crippen LogP contribution in [0.15, 0.2) is 48.1 Å². The fourth-order valence-corrected chi connectivity index (χ4v) is 12.1. The van der Waals surface area contributed by atoms with Gasteiger partial charge in [0, 0.05) is 46.7 Å². The quantitative estimate of drug-likeness (QED) is 0.0898. The number of aromatic hydroxyl groups is 1. The summed E-state index contributed by atoms with van der Waals surface area (Å²) in [6, 6.07) is 4.19. The van der Waals surface area contributed by atoms with Gasteiger partial charge in [-0.15, -0.1) is 0 Å². The fraction of sp³-hybridized carbons (Fsp3) is 0.605. The van der Waals surface area contributed by atoms with Crippen LogP contribution >= 0.6 is 0 Å². The van der Waals surface area contributed by atoms with Crippen molar-refractivity contribution in [2.45, 2.75) is 106 Å². The Labute approximate surface area is 312 Å². The molecule has 0 radical (unpaired) electrons. The number of Topliss-reactive ketones (excluding diaryl/α,β-unsaturated/α-hetero) is 1. The first-order valence-corrected chi connectivity index (χ1v) is 19.1. The molecule has 1 amide bonds. The number of ketones is 1. The molecule has 0 heterocycles. The molecule has 10 nitrogen and oxygen atoms in total. The second kappa shape index (κ2) is 13.3. The molecule has 53 heavy (non-hydrogen) atoms. The lowest BCUT2D eigenvalue weighted by atomic mass is 9.33. The molecule has 4 N–H and O–H groups in total. The van der Waals surface area contributed by atoms with Gasteiger partial charge in [0.2, 0.25) is 5.91 Å². The Balaban J connectivity index is 1.36. The Bertz CT molecular complexity index is 1820. The minimum absolute atomic E-state index is 0.0418. The second-order valence-electron chi connectivity index (χ2n) is 18.4. The number of amides is 1. The number of phenols is 1. The first-order valence-electron chi connectivity index (χ1n) is 19.1. The lowest BCUT2D eigenvalue weighted by molar-refractivity contribution is -0.202. The van der Waals surface area contributed by atoms with Crippen LogP contribution in [-0.2, 0) is 28.7 Å². The van der Waals surface area contributed by atoms with Gasteiger partial charge in [0.05, 0.1) is 5.41 Å². The number of benzene rings is 1. The highest BCUT2D eigenvalue weighted by atomic mass is 16.5. The van der Waals surface area contributed by atoms with Gasteiger partial charge in [-0.05, 0) is 116 Å². The Hall–Kier alpha value is -4.21. The Morgan fingerprint density at radius 3 is 2.32 bits per heavy atom. The van der Waals surface area contributed by atoms with Gasteiger partial charge >= 0.3 is 17.9 Å². The summed E-state index contributed by atoms with van der Waals surface area (Å²) in [7, 11) is 0. The van der Waals surface area contributed by atoms with Crippen molar-refractivity contribution in [3.05, 3.63) is 53.6 Å². The smallest absolute Gasteiger partial charge is 0.330 e. The van der Waals surface area contributed by atoms with Gasteiger partial charge in [0.25, 0.3) is 0 Å². The van der Waals surface area contributed by atoms with Crippen LogP contribution in [-0.4, -0.2) is 51.5 Å². The molecule has 286 valence electrons. The second-order valence-corrected chi connectivity index (χ2v) is 18.4. The number of carbonyl (C=O) groups is 5. The molecule has 0 spiro atoms. The van der Waals surface area contributed by atoms with Crippen molar-refractivity contribution >= 4 is 41.4 Å².